The zero-order valence-corrected chi connectivity index (χ0v) is 12.0. The first kappa shape index (κ1) is 31.1. The molecule has 0 rings (SSSR count). The van der Waals surface area contributed by atoms with Crippen LogP contribution in [-0.4, -0.2) is 79.2 Å². The standard InChI is InChI=1S/4Ga.2H2/h;;;;2*1H. The summed E-state index contributed by atoms with van der Waals surface area (Å²) in [6.45, 7) is 0. The fraction of sp³-hybridized carbons (Fsp3) is 0. The van der Waals surface area contributed by atoms with E-state index in [0.29, 0.717) is 0 Å². The van der Waals surface area contributed by atoms with Gasteiger partial charge < -0.3 is 0 Å². The predicted molar refractivity (Wildman–Crippen MR) is 27.2 cm³/mol. The van der Waals surface area contributed by atoms with Crippen LogP contribution >= 0.6 is 0 Å². The van der Waals surface area contributed by atoms with E-state index < -0.39 is 0 Å². The molecular formula is H4Ga4. The summed E-state index contributed by atoms with van der Waals surface area (Å²) < 4.78 is 0. The van der Waals surface area contributed by atoms with Crippen LogP contribution in [0.25, 0.3) is 0 Å². The Hall–Kier alpha value is 2.55. The zero-order valence-electron chi connectivity index (χ0n) is 2.31. The Kier molecular flexibility index (Phi) is 137. The normalized spacial score (nSPS) is 0. The molecule has 0 aliphatic carbocycles. The maximum atomic E-state index is 0. The molecule has 0 atom stereocenters. The Morgan fingerprint density at radius 2 is 0.500 bits per heavy atom. The topological polar surface area (TPSA) is 0 Å². The van der Waals surface area contributed by atoms with Gasteiger partial charge in [0.2, 0.25) is 0 Å². The van der Waals surface area contributed by atoms with Crippen LogP contribution in [0.2, 0.25) is 0 Å². The van der Waals surface area contributed by atoms with Crippen LogP contribution in [0.5, 0.6) is 0 Å². The molecule has 0 bridgehead atoms. The van der Waals surface area contributed by atoms with Crippen molar-refractivity contribution in [3.05, 3.63) is 0 Å². The quantitative estimate of drug-likeness (QED) is 0.499. The van der Waals surface area contributed by atoms with E-state index in [2.05, 4.69) is 0 Å². The molecule has 12 radical (unpaired) electrons. The second kappa shape index (κ2) is 17.7. The van der Waals surface area contributed by atoms with Gasteiger partial charge in [-0.25, -0.2) is 0 Å². The summed E-state index contributed by atoms with van der Waals surface area (Å²) in [6.07, 6.45) is 0. The smallest absolute Gasteiger partial charge is 0 e. The maximum absolute atomic E-state index is 0. The van der Waals surface area contributed by atoms with E-state index in [9.17, 15) is 0 Å². The van der Waals surface area contributed by atoms with Gasteiger partial charge in [0, 0.05) is 82.0 Å². The Labute approximate surface area is 81.1 Å². The largest absolute Gasteiger partial charge is 0 e. The van der Waals surface area contributed by atoms with Crippen molar-refractivity contribution >= 4 is 79.2 Å². The van der Waals surface area contributed by atoms with E-state index in [1.165, 1.54) is 0 Å². The first-order valence-corrected chi connectivity index (χ1v) is 0. The number of rotatable bonds is 0. The Morgan fingerprint density at radius 1 is 0.500 bits per heavy atom. The second-order valence-corrected chi connectivity index (χ2v) is 0. The molecular weight excluding hydrogens is 279 g/mol. The van der Waals surface area contributed by atoms with Crippen molar-refractivity contribution in [2.24, 2.45) is 0 Å². The summed E-state index contributed by atoms with van der Waals surface area (Å²) in [7, 11) is 0. The minimum absolute atomic E-state index is 0. The van der Waals surface area contributed by atoms with Crippen LogP contribution in [0.15, 0.2) is 0 Å². The molecule has 0 saturated heterocycles. The molecule has 0 aliphatic rings. The van der Waals surface area contributed by atoms with Gasteiger partial charge in [-0.2, -0.15) is 0 Å². The molecule has 0 fully saturated rings. The third-order valence-electron chi connectivity index (χ3n) is 0. The van der Waals surface area contributed by atoms with E-state index in [4.69, 9.17) is 0 Å². The van der Waals surface area contributed by atoms with E-state index in [1.54, 1.807) is 0 Å². The Bertz CT molecular complexity index is 5.51. The number of hydrogen-bond donors (Lipinski definition) is 0. The molecule has 4 heavy (non-hydrogen) atoms. The number of hydrogen-bond acceptors (Lipinski definition) is 0. The summed E-state index contributed by atoms with van der Waals surface area (Å²) >= 11 is 0. The SMILES string of the molecule is [Ga].[Ga].[Ga].[Ga].[HH].[HH]. The van der Waals surface area contributed by atoms with Gasteiger partial charge in [-0.3, -0.25) is 0 Å². The monoisotopic (exact) mass is 280 g/mol. The van der Waals surface area contributed by atoms with E-state index in [0.717, 1.165) is 0 Å². The fourth-order valence-electron chi connectivity index (χ4n) is 0. The average Bonchev–Trinajstić information content (AvgIpc) is 0. The van der Waals surface area contributed by atoms with E-state index in [1.807, 2.05) is 0 Å². The van der Waals surface area contributed by atoms with E-state index in [-0.39, 0.29) is 82.0 Å². The van der Waals surface area contributed by atoms with Gasteiger partial charge in [0.05, 0.1) is 0 Å². The molecule has 0 heterocycles. The summed E-state index contributed by atoms with van der Waals surface area (Å²) in [6, 6.07) is 0. The summed E-state index contributed by atoms with van der Waals surface area (Å²) in [4.78, 5) is 0. The molecule has 0 spiro atoms. The maximum Gasteiger partial charge on any atom is 0 e. The third kappa shape index (κ3) is 8.82. The van der Waals surface area contributed by atoms with Crippen molar-refractivity contribution in [3.63, 3.8) is 0 Å². The Morgan fingerprint density at radius 3 is 0.500 bits per heavy atom. The minimum Gasteiger partial charge on any atom is 0 e. The van der Waals surface area contributed by atoms with Crippen LogP contribution in [0.1, 0.15) is 2.85 Å². The van der Waals surface area contributed by atoms with Crippen LogP contribution in [0, 0.1) is 0 Å². The van der Waals surface area contributed by atoms with Gasteiger partial charge in [0.15, 0.2) is 0 Å². The van der Waals surface area contributed by atoms with Gasteiger partial charge in [-0.05, 0) is 0 Å². The molecule has 0 saturated carbocycles. The van der Waals surface area contributed by atoms with E-state index >= 15 is 0 Å². The molecule has 0 amide bonds. The Balaban J connectivity index is 0. The molecule has 0 aromatic heterocycles. The van der Waals surface area contributed by atoms with Crippen molar-refractivity contribution in [2.75, 3.05) is 0 Å². The summed E-state index contributed by atoms with van der Waals surface area (Å²) in [5, 5.41) is 0. The van der Waals surface area contributed by atoms with Crippen molar-refractivity contribution in [1.29, 1.82) is 0 Å². The van der Waals surface area contributed by atoms with Crippen LogP contribution in [0.4, 0.5) is 0 Å². The fourth-order valence-corrected chi connectivity index (χ4v) is 0. The molecule has 0 aromatic carbocycles. The minimum atomic E-state index is 0. The third-order valence-corrected chi connectivity index (χ3v) is 0. The molecule has 16 valence electrons. The molecule has 0 aliphatic heterocycles. The van der Waals surface area contributed by atoms with Gasteiger partial charge >= 0.3 is 0 Å². The zero-order chi connectivity index (χ0) is 0. The van der Waals surface area contributed by atoms with Crippen LogP contribution < -0.4 is 0 Å². The van der Waals surface area contributed by atoms with Crippen LogP contribution in [0.3, 0.4) is 0 Å². The average molecular weight is 283 g/mol. The van der Waals surface area contributed by atoms with Crippen molar-refractivity contribution in [2.45, 2.75) is 0 Å². The van der Waals surface area contributed by atoms with Crippen molar-refractivity contribution in [1.82, 2.24) is 0 Å². The first-order chi connectivity index (χ1) is 0. The molecule has 0 nitrogen and oxygen atoms in total. The van der Waals surface area contributed by atoms with Crippen LogP contribution in [-0.2, 0) is 0 Å². The van der Waals surface area contributed by atoms with Gasteiger partial charge in [-0.15, -0.1) is 0 Å². The van der Waals surface area contributed by atoms with Crippen molar-refractivity contribution < 1.29 is 2.85 Å². The molecule has 4 heteroatoms. The molecule has 0 N–H and O–H groups in total. The summed E-state index contributed by atoms with van der Waals surface area (Å²) in [5.41, 5.74) is 0. The van der Waals surface area contributed by atoms with Gasteiger partial charge in [0.25, 0.3) is 0 Å². The van der Waals surface area contributed by atoms with Gasteiger partial charge in [0.1, 0.15) is 0 Å². The molecule has 0 aromatic rings. The van der Waals surface area contributed by atoms with Crippen molar-refractivity contribution in [3.8, 4) is 0 Å². The molecule has 0 unspecified atom stereocenters. The second-order valence-electron chi connectivity index (χ2n) is 0. The predicted octanol–water partition coefficient (Wildman–Crippen LogP) is -1.03. The first-order valence-electron chi connectivity index (χ1n) is 0. The summed E-state index contributed by atoms with van der Waals surface area (Å²) in [5.74, 6) is 0. The van der Waals surface area contributed by atoms with Gasteiger partial charge in [-0.1, -0.05) is 0 Å².